The number of rotatable bonds is 1. The van der Waals surface area contributed by atoms with Crippen molar-refractivity contribution in [3.05, 3.63) is 0 Å². The van der Waals surface area contributed by atoms with E-state index in [1.807, 2.05) is 0 Å². The molecule has 0 fully saturated rings. The fourth-order valence-electron chi connectivity index (χ4n) is 0.144. The monoisotopic (exact) mass is 112 g/mol. The van der Waals surface area contributed by atoms with Crippen LogP contribution >= 0.6 is 0 Å². The van der Waals surface area contributed by atoms with E-state index in [1.165, 1.54) is 7.11 Å². The van der Waals surface area contributed by atoms with Crippen molar-refractivity contribution in [3.63, 3.8) is 0 Å². The Balaban J connectivity index is 0. The van der Waals surface area contributed by atoms with Gasteiger partial charge in [-0.05, 0) is 0 Å². The number of hydrogen-bond donors (Lipinski definition) is 0. The van der Waals surface area contributed by atoms with Crippen LogP contribution in [0.4, 0.5) is 0 Å². The van der Waals surface area contributed by atoms with Crippen molar-refractivity contribution in [2.75, 3.05) is 7.11 Å². The summed E-state index contributed by atoms with van der Waals surface area (Å²) in [6.07, 6.45) is 0.469. The summed E-state index contributed by atoms with van der Waals surface area (Å²) in [6, 6.07) is 0. The first kappa shape index (κ1) is 10.3. The van der Waals surface area contributed by atoms with Gasteiger partial charge in [0.2, 0.25) is 0 Å². The maximum Gasteiger partial charge on any atom is 0.305 e. The molecule has 0 bridgehead atoms. The van der Waals surface area contributed by atoms with Crippen molar-refractivity contribution in [2.24, 2.45) is 0 Å². The molecular weight excluding hydrogens is 104 g/mol. The largest absolute Gasteiger partial charge is 0.469 e. The van der Waals surface area contributed by atoms with Crippen LogP contribution in [0.2, 0.25) is 0 Å². The number of methoxy groups -OCH3 is 1. The SMILES string of the molecule is CCC(=O)OC.[Mg]. The number of hydrogen-bond acceptors (Lipinski definition) is 2. The van der Waals surface area contributed by atoms with E-state index in [9.17, 15) is 4.79 Å². The van der Waals surface area contributed by atoms with Crippen LogP contribution in [-0.4, -0.2) is 36.1 Å². The molecule has 0 heterocycles. The topological polar surface area (TPSA) is 26.3 Å². The minimum absolute atomic E-state index is 0. The molecule has 0 aromatic carbocycles. The van der Waals surface area contributed by atoms with Crippen LogP contribution < -0.4 is 0 Å². The predicted octanol–water partition coefficient (Wildman–Crippen LogP) is 0.189. The first-order valence-corrected chi connectivity index (χ1v) is 1.88. The highest BCUT2D eigenvalue weighted by molar-refractivity contribution is 5.75. The molecule has 7 heavy (non-hydrogen) atoms. The van der Waals surface area contributed by atoms with Crippen LogP contribution in [0, 0.1) is 0 Å². The summed E-state index contributed by atoms with van der Waals surface area (Å²) in [7, 11) is 1.38. The minimum Gasteiger partial charge on any atom is -0.469 e. The summed E-state index contributed by atoms with van der Waals surface area (Å²) in [5.41, 5.74) is 0. The van der Waals surface area contributed by atoms with Crippen molar-refractivity contribution in [3.8, 4) is 0 Å². The van der Waals surface area contributed by atoms with E-state index in [0.29, 0.717) is 6.42 Å². The van der Waals surface area contributed by atoms with Gasteiger partial charge in [-0.15, -0.1) is 0 Å². The maximum absolute atomic E-state index is 9.96. The Kier molecular flexibility index (Phi) is 9.14. The van der Waals surface area contributed by atoms with Crippen LogP contribution in [0.5, 0.6) is 0 Å². The molecule has 0 amide bonds. The van der Waals surface area contributed by atoms with Gasteiger partial charge in [-0.3, -0.25) is 4.79 Å². The highest BCUT2D eigenvalue weighted by Crippen LogP contribution is 1.76. The van der Waals surface area contributed by atoms with Crippen LogP contribution in [-0.2, 0) is 9.53 Å². The quantitative estimate of drug-likeness (QED) is 0.358. The zero-order valence-corrected chi connectivity index (χ0v) is 6.14. The van der Waals surface area contributed by atoms with Crippen LogP contribution in [0.15, 0.2) is 0 Å². The molecule has 2 radical (unpaired) electrons. The molecule has 0 aliphatic rings. The average molecular weight is 112 g/mol. The highest BCUT2D eigenvalue weighted by Gasteiger charge is 1.87. The van der Waals surface area contributed by atoms with Gasteiger partial charge in [0.1, 0.15) is 0 Å². The Labute approximate surface area is 59.4 Å². The van der Waals surface area contributed by atoms with Gasteiger partial charge < -0.3 is 4.74 Å². The van der Waals surface area contributed by atoms with Crippen LogP contribution in [0.25, 0.3) is 0 Å². The van der Waals surface area contributed by atoms with Crippen molar-refractivity contribution in [1.29, 1.82) is 0 Å². The van der Waals surface area contributed by atoms with Gasteiger partial charge in [-0.1, -0.05) is 6.92 Å². The van der Waals surface area contributed by atoms with Gasteiger partial charge in [0.25, 0.3) is 0 Å². The van der Waals surface area contributed by atoms with Crippen LogP contribution in [0.1, 0.15) is 13.3 Å². The molecule has 0 atom stereocenters. The lowest BCUT2D eigenvalue weighted by molar-refractivity contribution is -0.140. The molecule has 0 N–H and O–H groups in total. The molecule has 0 unspecified atom stereocenters. The van der Waals surface area contributed by atoms with Gasteiger partial charge in [-0.2, -0.15) is 0 Å². The lowest BCUT2D eigenvalue weighted by atomic mass is 10.5. The molecule has 0 saturated heterocycles. The number of ether oxygens (including phenoxy) is 1. The molecule has 0 aromatic heterocycles. The fraction of sp³-hybridized carbons (Fsp3) is 0.750. The zero-order chi connectivity index (χ0) is 4.99. The van der Waals surface area contributed by atoms with Crippen molar-refractivity contribution in [1.82, 2.24) is 0 Å². The third-order valence-electron chi connectivity index (χ3n) is 0.516. The second-order valence-electron chi connectivity index (χ2n) is 0.930. The first-order valence-electron chi connectivity index (χ1n) is 1.88. The van der Waals surface area contributed by atoms with E-state index < -0.39 is 0 Å². The Hall–Kier alpha value is 0.236. The van der Waals surface area contributed by atoms with E-state index in [2.05, 4.69) is 4.74 Å². The second kappa shape index (κ2) is 6.24. The van der Waals surface area contributed by atoms with E-state index >= 15 is 0 Å². The Morgan fingerprint density at radius 3 is 2.14 bits per heavy atom. The number of esters is 1. The summed E-state index contributed by atoms with van der Waals surface area (Å²) in [6.45, 7) is 1.76. The van der Waals surface area contributed by atoms with Crippen molar-refractivity contribution in [2.45, 2.75) is 13.3 Å². The van der Waals surface area contributed by atoms with Gasteiger partial charge in [0.15, 0.2) is 0 Å². The van der Waals surface area contributed by atoms with Gasteiger partial charge >= 0.3 is 5.97 Å². The predicted molar refractivity (Wildman–Crippen MR) is 28.1 cm³/mol. The number of carbonyl (C=O) groups excluding carboxylic acids is 1. The molecule has 0 spiro atoms. The Morgan fingerprint density at radius 2 is 2.14 bits per heavy atom. The van der Waals surface area contributed by atoms with Gasteiger partial charge in [0.05, 0.1) is 7.11 Å². The molecular formula is C4H8MgO2. The van der Waals surface area contributed by atoms with E-state index in [1.54, 1.807) is 6.92 Å². The summed E-state index contributed by atoms with van der Waals surface area (Å²) in [4.78, 5) is 9.96. The molecule has 0 aliphatic heterocycles. The summed E-state index contributed by atoms with van der Waals surface area (Å²) in [5, 5.41) is 0. The summed E-state index contributed by atoms with van der Waals surface area (Å²) >= 11 is 0. The normalized spacial score (nSPS) is 6.57. The molecule has 38 valence electrons. The molecule has 0 aromatic rings. The lowest BCUT2D eigenvalue weighted by Crippen LogP contribution is -1.94. The van der Waals surface area contributed by atoms with Gasteiger partial charge in [-0.25, -0.2) is 0 Å². The van der Waals surface area contributed by atoms with E-state index in [0.717, 1.165) is 0 Å². The van der Waals surface area contributed by atoms with Crippen LogP contribution in [0.3, 0.4) is 0 Å². The molecule has 3 heteroatoms. The maximum atomic E-state index is 9.96. The standard InChI is InChI=1S/C4H8O2.Mg/c1-3-4(5)6-2;/h3H2,1-2H3;. The first-order chi connectivity index (χ1) is 2.81. The van der Waals surface area contributed by atoms with E-state index in [-0.39, 0.29) is 29.0 Å². The second-order valence-corrected chi connectivity index (χ2v) is 0.930. The van der Waals surface area contributed by atoms with Gasteiger partial charge in [0, 0.05) is 29.5 Å². The summed E-state index contributed by atoms with van der Waals surface area (Å²) in [5.74, 6) is -0.157. The van der Waals surface area contributed by atoms with Crippen molar-refractivity contribution >= 4 is 29.0 Å². The third-order valence-corrected chi connectivity index (χ3v) is 0.516. The number of carbonyl (C=O) groups is 1. The fourth-order valence-corrected chi connectivity index (χ4v) is 0.144. The average Bonchev–Trinajstić information content (AvgIpc) is 1.65. The third kappa shape index (κ3) is 6.24. The van der Waals surface area contributed by atoms with Crippen molar-refractivity contribution < 1.29 is 9.53 Å². The Morgan fingerprint density at radius 1 is 1.71 bits per heavy atom. The highest BCUT2D eigenvalue weighted by atomic mass is 24.3. The summed E-state index contributed by atoms with van der Waals surface area (Å²) < 4.78 is 4.26. The minimum atomic E-state index is -0.157. The molecule has 0 rings (SSSR count). The molecule has 2 nitrogen and oxygen atoms in total. The smallest absolute Gasteiger partial charge is 0.305 e. The molecule has 0 saturated carbocycles. The van der Waals surface area contributed by atoms with E-state index in [4.69, 9.17) is 0 Å². The Bertz CT molecular complexity index is 47.7. The zero-order valence-electron chi connectivity index (χ0n) is 4.73. The lowest BCUT2D eigenvalue weighted by Gasteiger charge is -1.87. The molecule has 0 aliphatic carbocycles.